The number of nitrogens with zero attached hydrogens (tertiary/aromatic N) is 2. The number of hydrogen-bond acceptors (Lipinski definition) is 4. The summed E-state index contributed by atoms with van der Waals surface area (Å²) in [5.41, 5.74) is 0.893. The van der Waals surface area contributed by atoms with Gasteiger partial charge in [-0.1, -0.05) is 29.3 Å². The lowest BCUT2D eigenvalue weighted by atomic mass is 10.0. The van der Waals surface area contributed by atoms with Gasteiger partial charge in [-0.15, -0.1) is 0 Å². The number of halogens is 2. The van der Waals surface area contributed by atoms with Crippen molar-refractivity contribution in [2.75, 3.05) is 6.54 Å². The van der Waals surface area contributed by atoms with Crippen molar-refractivity contribution in [2.45, 2.75) is 38.3 Å². The fourth-order valence-electron chi connectivity index (χ4n) is 3.16. The molecule has 0 aliphatic heterocycles. The molecule has 1 heterocycles. The standard InChI is InChI=1S/C16H20Cl2N4O/c1-9-20-16(22-21-9)10-5-11(15(23)6-10)7-19-8-12-13(17)3-2-4-14(12)18/h2-4,10-11,15,19,23H,5-8H2,1H3,(H,20,21,22)/t10?,11-,15-/m1/s1. The molecule has 1 fully saturated rings. The average Bonchev–Trinajstić information content (AvgIpc) is 3.09. The van der Waals surface area contributed by atoms with Gasteiger partial charge in [0.1, 0.15) is 5.82 Å². The Hall–Kier alpha value is -1.14. The lowest BCUT2D eigenvalue weighted by Crippen LogP contribution is -2.27. The molecule has 3 atom stereocenters. The Bertz CT molecular complexity index is 656. The predicted molar refractivity (Wildman–Crippen MR) is 90.8 cm³/mol. The molecule has 0 amide bonds. The van der Waals surface area contributed by atoms with Crippen molar-refractivity contribution in [1.82, 2.24) is 20.5 Å². The highest BCUT2D eigenvalue weighted by Crippen LogP contribution is 2.36. The van der Waals surface area contributed by atoms with Gasteiger partial charge in [0.05, 0.1) is 6.10 Å². The third kappa shape index (κ3) is 3.86. The third-order valence-electron chi connectivity index (χ3n) is 4.41. The maximum absolute atomic E-state index is 10.3. The molecular weight excluding hydrogens is 335 g/mol. The van der Waals surface area contributed by atoms with Gasteiger partial charge in [-0.3, -0.25) is 5.10 Å². The van der Waals surface area contributed by atoms with E-state index in [4.69, 9.17) is 23.2 Å². The zero-order chi connectivity index (χ0) is 16.4. The second kappa shape index (κ2) is 7.18. The zero-order valence-corrected chi connectivity index (χ0v) is 14.4. The number of benzene rings is 1. The molecule has 3 rings (SSSR count). The normalized spacial score (nSPS) is 24.3. The number of aliphatic hydroxyl groups excluding tert-OH is 1. The third-order valence-corrected chi connectivity index (χ3v) is 5.12. The molecule has 1 aromatic heterocycles. The van der Waals surface area contributed by atoms with Crippen LogP contribution in [0.1, 0.15) is 36.0 Å². The maximum Gasteiger partial charge on any atom is 0.153 e. The summed E-state index contributed by atoms with van der Waals surface area (Å²) in [4.78, 5) is 4.38. The van der Waals surface area contributed by atoms with Crippen LogP contribution in [0.4, 0.5) is 0 Å². The summed E-state index contributed by atoms with van der Waals surface area (Å²) in [7, 11) is 0. The van der Waals surface area contributed by atoms with Gasteiger partial charge in [-0.2, -0.15) is 5.10 Å². The molecule has 2 aromatic rings. The molecule has 7 heteroatoms. The molecule has 5 nitrogen and oxygen atoms in total. The minimum atomic E-state index is -0.340. The summed E-state index contributed by atoms with van der Waals surface area (Å²) in [5, 5.41) is 22.0. The molecule has 23 heavy (non-hydrogen) atoms. The van der Waals surface area contributed by atoms with Crippen LogP contribution in [0.5, 0.6) is 0 Å². The number of aromatic amines is 1. The first-order chi connectivity index (χ1) is 11.0. The van der Waals surface area contributed by atoms with E-state index in [0.717, 1.165) is 23.6 Å². The van der Waals surface area contributed by atoms with E-state index < -0.39 is 0 Å². The highest BCUT2D eigenvalue weighted by atomic mass is 35.5. The van der Waals surface area contributed by atoms with Crippen LogP contribution in [0.3, 0.4) is 0 Å². The fraction of sp³-hybridized carbons (Fsp3) is 0.500. The molecular formula is C16H20Cl2N4O. The van der Waals surface area contributed by atoms with E-state index in [1.54, 1.807) is 0 Å². The number of H-pyrrole nitrogens is 1. The van der Waals surface area contributed by atoms with Gasteiger partial charge in [0.2, 0.25) is 0 Å². The second-order valence-electron chi connectivity index (χ2n) is 6.11. The van der Waals surface area contributed by atoms with E-state index in [-0.39, 0.29) is 17.9 Å². The molecule has 0 bridgehead atoms. The molecule has 1 unspecified atom stereocenters. The van der Waals surface area contributed by atoms with Crippen LogP contribution < -0.4 is 5.32 Å². The lowest BCUT2D eigenvalue weighted by Gasteiger charge is -2.16. The van der Waals surface area contributed by atoms with Gasteiger partial charge in [0.15, 0.2) is 5.82 Å². The van der Waals surface area contributed by atoms with Crippen LogP contribution in [-0.2, 0) is 6.54 Å². The van der Waals surface area contributed by atoms with Gasteiger partial charge in [-0.05, 0) is 37.8 Å². The SMILES string of the molecule is Cc1nc(C2C[C@H](CNCc3c(Cl)cccc3Cl)[C@H](O)C2)n[nH]1. The van der Waals surface area contributed by atoms with Crippen molar-refractivity contribution in [3.8, 4) is 0 Å². The quantitative estimate of drug-likeness (QED) is 0.771. The van der Waals surface area contributed by atoms with Crippen molar-refractivity contribution >= 4 is 23.2 Å². The Morgan fingerprint density at radius 1 is 1.30 bits per heavy atom. The van der Waals surface area contributed by atoms with E-state index in [1.807, 2.05) is 25.1 Å². The minimum Gasteiger partial charge on any atom is -0.393 e. The topological polar surface area (TPSA) is 73.8 Å². The van der Waals surface area contributed by atoms with Crippen LogP contribution in [0.2, 0.25) is 10.0 Å². The zero-order valence-electron chi connectivity index (χ0n) is 12.9. The molecule has 0 spiro atoms. The Labute approximate surface area is 145 Å². The van der Waals surface area contributed by atoms with Gasteiger partial charge < -0.3 is 10.4 Å². The fourth-order valence-corrected chi connectivity index (χ4v) is 3.69. The molecule has 1 aliphatic carbocycles. The lowest BCUT2D eigenvalue weighted by molar-refractivity contribution is 0.131. The number of nitrogens with one attached hydrogen (secondary N) is 2. The predicted octanol–water partition coefficient (Wildman–Crippen LogP) is 3.06. The minimum absolute atomic E-state index is 0.181. The summed E-state index contributed by atoms with van der Waals surface area (Å²) in [6.45, 7) is 3.18. The van der Waals surface area contributed by atoms with Gasteiger partial charge in [-0.25, -0.2) is 4.98 Å². The Kier molecular flexibility index (Phi) is 5.21. The van der Waals surface area contributed by atoms with E-state index in [0.29, 0.717) is 29.6 Å². The smallest absolute Gasteiger partial charge is 0.153 e. The van der Waals surface area contributed by atoms with Crippen LogP contribution in [-0.4, -0.2) is 32.9 Å². The summed E-state index contributed by atoms with van der Waals surface area (Å²) in [6, 6.07) is 5.49. The first kappa shape index (κ1) is 16.7. The van der Waals surface area contributed by atoms with Crippen molar-refractivity contribution in [2.24, 2.45) is 5.92 Å². The Balaban J connectivity index is 1.55. The number of aromatic nitrogens is 3. The number of hydrogen-bond donors (Lipinski definition) is 3. The van der Waals surface area contributed by atoms with E-state index in [9.17, 15) is 5.11 Å². The van der Waals surface area contributed by atoms with E-state index in [2.05, 4.69) is 20.5 Å². The number of aliphatic hydroxyl groups is 1. The van der Waals surface area contributed by atoms with Crippen molar-refractivity contribution in [3.63, 3.8) is 0 Å². The van der Waals surface area contributed by atoms with Gasteiger partial charge in [0, 0.05) is 34.6 Å². The second-order valence-corrected chi connectivity index (χ2v) is 6.92. The summed E-state index contributed by atoms with van der Waals surface area (Å²) >= 11 is 12.3. The molecule has 1 aliphatic rings. The van der Waals surface area contributed by atoms with Crippen molar-refractivity contribution in [1.29, 1.82) is 0 Å². The molecule has 3 N–H and O–H groups in total. The Morgan fingerprint density at radius 2 is 2.04 bits per heavy atom. The van der Waals surface area contributed by atoms with Crippen LogP contribution in [0.25, 0.3) is 0 Å². The first-order valence-corrected chi connectivity index (χ1v) is 8.50. The van der Waals surface area contributed by atoms with E-state index in [1.165, 1.54) is 0 Å². The Morgan fingerprint density at radius 3 is 2.70 bits per heavy atom. The summed E-state index contributed by atoms with van der Waals surface area (Å²) in [6.07, 6.45) is 1.24. The maximum atomic E-state index is 10.3. The molecule has 1 aromatic carbocycles. The van der Waals surface area contributed by atoms with Crippen LogP contribution in [0.15, 0.2) is 18.2 Å². The largest absolute Gasteiger partial charge is 0.393 e. The summed E-state index contributed by atoms with van der Waals surface area (Å²) in [5.74, 6) is 2.01. The van der Waals surface area contributed by atoms with Gasteiger partial charge in [0.25, 0.3) is 0 Å². The molecule has 1 saturated carbocycles. The number of aryl methyl sites for hydroxylation is 1. The van der Waals surface area contributed by atoms with Crippen molar-refractivity contribution in [3.05, 3.63) is 45.5 Å². The highest BCUT2D eigenvalue weighted by Gasteiger charge is 2.35. The van der Waals surface area contributed by atoms with Crippen molar-refractivity contribution < 1.29 is 5.11 Å². The summed E-state index contributed by atoms with van der Waals surface area (Å²) < 4.78 is 0. The van der Waals surface area contributed by atoms with Crippen LogP contribution in [0, 0.1) is 12.8 Å². The first-order valence-electron chi connectivity index (χ1n) is 7.75. The van der Waals surface area contributed by atoms with E-state index >= 15 is 0 Å². The molecule has 0 saturated heterocycles. The van der Waals surface area contributed by atoms with Gasteiger partial charge >= 0.3 is 0 Å². The number of rotatable bonds is 5. The molecule has 124 valence electrons. The highest BCUT2D eigenvalue weighted by molar-refractivity contribution is 6.35. The molecule has 0 radical (unpaired) electrons. The monoisotopic (exact) mass is 354 g/mol. The average molecular weight is 355 g/mol. The van der Waals surface area contributed by atoms with Crippen LogP contribution >= 0.6 is 23.2 Å².